The van der Waals surface area contributed by atoms with E-state index in [9.17, 15) is 5.11 Å². The van der Waals surface area contributed by atoms with E-state index in [-0.39, 0.29) is 0 Å². The van der Waals surface area contributed by atoms with Crippen molar-refractivity contribution >= 4 is 11.6 Å². The summed E-state index contributed by atoms with van der Waals surface area (Å²) in [6.45, 7) is 0.295. The lowest BCUT2D eigenvalue weighted by atomic mass is 9.75. The van der Waals surface area contributed by atoms with Gasteiger partial charge in [-0.1, -0.05) is 23.7 Å². The molecular formula is C16H22ClNO. The second-order valence-electron chi connectivity index (χ2n) is 6.03. The summed E-state index contributed by atoms with van der Waals surface area (Å²) in [5, 5.41) is 10.2. The van der Waals surface area contributed by atoms with Crippen molar-refractivity contribution in [1.29, 1.82) is 0 Å². The van der Waals surface area contributed by atoms with Crippen molar-refractivity contribution in [2.75, 3.05) is 13.7 Å². The Labute approximate surface area is 120 Å². The van der Waals surface area contributed by atoms with E-state index in [0.29, 0.717) is 24.5 Å². The maximum absolute atomic E-state index is 9.40. The first-order chi connectivity index (χ1) is 9.20. The minimum Gasteiger partial charge on any atom is -0.396 e. The van der Waals surface area contributed by atoms with Crippen molar-refractivity contribution in [2.24, 2.45) is 5.92 Å². The maximum Gasteiger partial charge on any atom is 0.0434 e. The molecule has 1 aromatic rings. The van der Waals surface area contributed by atoms with Crippen LogP contribution in [0.2, 0.25) is 5.02 Å². The molecule has 104 valence electrons. The van der Waals surface area contributed by atoms with Crippen molar-refractivity contribution in [3.05, 3.63) is 34.9 Å². The first-order valence-electron chi connectivity index (χ1n) is 7.29. The fraction of sp³-hybridized carbons (Fsp3) is 0.625. The molecule has 0 radical (unpaired) electrons. The fourth-order valence-corrected chi connectivity index (χ4v) is 4.34. The number of aliphatic hydroxyl groups is 1. The molecule has 19 heavy (non-hydrogen) atoms. The number of aliphatic hydroxyl groups excluding tert-OH is 1. The molecule has 2 heterocycles. The number of benzene rings is 1. The molecule has 2 unspecified atom stereocenters. The Kier molecular flexibility index (Phi) is 3.84. The van der Waals surface area contributed by atoms with Crippen LogP contribution < -0.4 is 0 Å². The molecule has 0 aliphatic carbocycles. The van der Waals surface area contributed by atoms with E-state index in [2.05, 4.69) is 24.1 Å². The fourth-order valence-electron chi connectivity index (χ4n) is 4.21. The van der Waals surface area contributed by atoms with Crippen molar-refractivity contribution in [1.82, 2.24) is 4.90 Å². The molecular weight excluding hydrogens is 258 g/mol. The Morgan fingerprint density at radius 2 is 2.00 bits per heavy atom. The zero-order valence-corrected chi connectivity index (χ0v) is 12.2. The summed E-state index contributed by atoms with van der Waals surface area (Å²) >= 11 is 5.99. The van der Waals surface area contributed by atoms with E-state index in [1.165, 1.54) is 24.8 Å². The second-order valence-corrected chi connectivity index (χ2v) is 6.47. The van der Waals surface area contributed by atoms with Gasteiger partial charge in [-0.15, -0.1) is 0 Å². The molecule has 3 rings (SSSR count). The molecule has 2 fully saturated rings. The highest BCUT2D eigenvalue weighted by Crippen LogP contribution is 2.47. The third-order valence-electron chi connectivity index (χ3n) is 5.19. The summed E-state index contributed by atoms with van der Waals surface area (Å²) in [6.07, 6.45) is 4.73. The second kappa shape index (κ2) is 5.43. The van der Waals surface area contributed by atoms with Crippen LogP contribution in [0.4, 0.5) is 0 Å². The molecule has 3 heteroatoms. The van der Waals surface area contributed by atoms with Gasteiger partial charge in [0.1, 0.15) is 0 Å². The monoisotopic (exact) mass is 279 g/mol. The molecule has 2 aliphatic rings. The van der Waals surface area contributed by atoms with Gasteiger partial charge in [-0.2, -0.15) is 0 Å². The summed E-state index contributed by atoms with van der Waals surface area (Å²) in [5.41, 5.74) is 1.40. The van der Waals surface area contributed by atoms with Crippen molar-refractivity contribution in [2.45, 2.75) is 43.7 Å². The topological polar surface area (TPSA) is 23.5 Å². The van der Waals surface area contributed by atoms with Gasteiger partial charge < -0.3 is 10.0 Å². The van der Waals surface area contributed by atoms with Crippen LogP contribution in [0.5, 0.6) is 0 Å². The molecule has 0 saturated carbocycles. The number of piperidine rings is 1. The van der Waals surface area contributed by atoms with Crippen molar-refractivity contribution in [3.63, 3.8) is 0 Å². The average Bonchev–Trinajstić information content (AvgIpc) is 2.65. The Morgan fingerprint density at radius 1 is 1.26 bits per heavy atom. The first kappa shape index (κ1) is 13.4. The van der Waals surface area contributed by atoms with E-state index < -0.39 is 0 Å². The Hall–Kier alpha value is -0.570. The standard InChI is InChI=1S/C16H22ClNO/c1-18-13-6-7-16(18)14(8-9-19)15(10-13)11-2-4-12(17)5-3-11/h2-5,13-16,19H,6-10H2,1H3/t13?,14-,15+,16?/m0/s1. The number of rotatable bonds is 3. The van der Waals surface area contributed by atoms with Gasteiger partial charge in [-0.25, -0.2) is 0 Å². The zero-order valence-electron chi connectivity index (χ0n) is 11.4. The lowest BCUT2D eigenvalue weighted by Crippen LogP contribution is -2.46. The molecule has 0 spiro atoms. The van der Waals surface area contributed by atoms with Crippen LogP contribution in [0.1, 0.15) is 37.2 Å². The number of halogens is 1. The first-order valence-corrected chi connectivity index (χ1v) is 7.66. The highest BCUT2D eigenvalue weighted by atomic mass is 35.5. The molecule has 2 saturated heterocycles. The van der Waals surface area contributed by atoms with Gasteiger partial charge in [0.05, 0.1) is 0 Å². The molecule has 1 aromatic carbocycles. The van der Waals surface area contributed by atoms with E-state index >= 15 is 0 Å². The van der Waals surface area contributed by atoms with E-state index in [4.69, 9.17) is 11.6 Å². The van der Waals surface area contributed by atoms with E-state index in [1.54, 1.807) is 0 Å². The largest absolute Gasteiger partial charge is 0.396 e. The molecule has 2 bridgehead atoms. The predicted octanol–water partition coefficient (Wildman–Crippen LogP) is 3.29. The van der Waals surface area contributed by atoms with Crippen LogP contribution in [0, 0.1) is 5.92 Å². The number of nitrogens with zero attached hydrogens (tertiary/aromatic N) is 1. The zero-order chi connectivity index (χ0) is 13.4. The lowest BCUT2D eigenvalue weighted by molar-refractivity contribution is 0.0816. The van der Waals surface area contributed by atoms with Crippen LogP contribution in [-0.2, 0) is 0 Å². The quantitative estimate of drug-likeness (QED) is 0.918. The lowest BCUT2D eigenvalue weighted by Gasteiger charge is -2.43. The van der Waals surface area contributed by atoms with Crippen LogP contribution in [0.25, 0.3) is 0 Å². The minimum atomic E-state index is 0.295. The number of hydrogen-bond acceptors (Lipinski definition) is 2. The Balaban J connectivity index is 1.88. The SMILES string of the molecule is CN1C2CCC1[C@@H](CCO)[C@@H](c1ccc(Cl)cc1)C2. The summed E-state index contributed by atoms with van der Waals surface area (Å²) < 4.78 is 0. The van der Waals surface area contributed by atoms with E-state index in [1.807, 2.05) is 12.1 Å². The van der Waals surface area contributed by atoms with Gasteiger partial charge in [0.25, 0.3) is 0 Å². The third kappa shape index (κ3) is 2.42. The van der Waals surface area contributed by atoms with Crippen LogP contribution in [0.15, 0.2) is 24.3 Å². The summed E-state index contributed by atoms with van der Waals surface area (Å²) in [6, 6.07) is 9.69. The normalized spacial score (nSPS) is 34.7. The van der Waals surface area contributed by atoms with Gasteiger partial charge in [-0.05, 0) is 62.3 Å². The van der Waals surface area contributed by atoms with Gasteiger partial charge in [0.15, 0.2) is 0 Å². The van der Waals surface area contributed by atoms with Gasteiger partial charge >= 0.3 is 0 Å². The highest BCUT2D eigenvalue weighted by molar-refractivity contribution is 6.30. The molecule has 2 aliphatic heterocycles. The molecule has 0 amide bonds. The maximum atomic E-state index is 9.40. The molecule has 0 aromatic heterocycles. The summed E-state index contributed by atoms with van der Waals surface area (Å²) in [5.74, 6) is 1.16. The smallest absolute Gasteiger partial charge is 0.0434 e. The van der Waals surface area contributed by atoms with Crippen LogP contribution in [-0.4, -0.2) is 35.7 Å². The highest BCUT2D eigenvalue weighted by Gasteiger charge is 2.45. The summed E-state index contributed by atoms with van der Waals surface area (Å²) in [7, 11) is 2.25. The van der Waals surface area contributed by atoms with Gasteiger partial charge in [0.2, 0.25) is 0 Å². The third-order valence-corrected chi connectivity index (χ3v) is 5.44. The number of fused-ring (bicyclic) bond motifs is 2. The van der Waals surface area contributed by atoms with Crippen LogP contribution >= 0.6 is 11.6 Å². The Bertz CT molecular complexity index is 433. The predicted molar refractivity (Wildman–Crippen MR) is 78.6 cm³/mol. The molecule has 2 nitrogen and oxygen atoms in total. The van der Waals surface area contributed by atoms with Crippen LogP contribution in [0.3, 0.4) is 0 Å². The van der Waals surface area contributed by atoms with Crippen molar-refractivity contribution < 1.29 is 5.11 Å². The van der Waals surface area contributed by atoms with Crippen molar-refractivity contribution in [3.8, 4) is 0 Å². The van der Waals surface area contributed by atoms with Gasteiger partial charge in [-0.3, -0.25) is 0 Å². The summed E-state index contributed by atoms with van der Waals surface area (Å²) in [4.78, 5) is 2.55. The average molecular weight is 280 g/mol. The van der Waals surface area contributed by atoms with Gasteiger partial charge in [0, 0.05) is 23.7 Å². The number of hydrogen-bond donors (Lipinski definition) is 1. The minimum absolute atomic E-state index is 0.295. The van der Waals surface area contributed by atoms with E-state index in [0.717, 1.165) is 17.5 Å². The Morgan fingerprint density at radius 3 is 2.68 bits per heavy atom. The molecule has 4 atom stereocenters. The molecule has 1 N–H and O–H groups in total.